The van der Waals surface area contributed by atoms with Crippen molar-refractivity contribution >= 4 is 11.9 Å². The standard InChI is InChI=1S/C11H18O6/c1-5-8-9(14-4)10(15-6(2)12)11(17-8)16-7(3)13/h8-11H,5H2,1-4H3/t8-,9?,10+,11?/m1/s1. The maximum absolute atomic E-state index is 11.0. The fraction of sp³-hybridized carbons (Fsp3) is 0.818. The van der Waals surface area contributed by atoms with Crippen LogP contribution in [0.3, 0.4) is 0 Å². The molecule has 0 radical (unpaired) electrons. The lowest BCUT2D eigenvalue weighted by atomic mass is 10.1. The Hall–Kier alpha value is -1.14. The second-order valence-electron chi connectivity index (χ2n) is 3.83. The zero-order valence-electron chi connectivity index (χ0n) is 10.5. The molecule has 6 heteroatoms. The Morgan fingerprint density at radius 2 is 1.71 bits per heavy atom. The van der Waals surface area contributed by atoms with Gasteiger partial charge in [-0.2, -0.15) is 0 Å². The first-order valence-electron chi connectivity index (χ1n) is 5.52. The molecule has 1 heterocycles. The molecular weight excluding hydrogens is 228 g/mol. The number of esters is 2. The normalized spacial score (nSPS) is 32.2. The highest BCUT2D eigenvalue weighted by molar-refractivity contribution is 5.67. The van der Waals surface area contributed by atoms with Gasteiger partial charge < -0.3 is 18.9 Å². The summed E-state index contributed by atoms with van der Waals surface area (Å²) >= 11 is 0. The number of hydrogen-bond acceptors (Lipinski definition) is 6. The topological polar surface area (TPSA) is 71.1 Å². The Labute approximate surface area is 100 Å². The number of ether oxygens (including phenoxy) is 4. The summed E-state index contributed by atoms with van der Waals surface area (Å²) < 4.78 is 20.8. The number of carbonyl (C=O) groups excluding carboxylic acids is 2. The third-order valence-corrected chi connectivity index (χ3v) is 2.53. The molecule has 0 amide bonds. The van der Waals surface area contributed by atoms with Gasteiger partial charge in [-0.3, -0.25) is 9.59 Å². The molecule has 0 bridgehead atoms. The van der Waals surface area contributed by atoms with Gasteiger partial charge in [0.1, 0.15) is 6.10 Å². The minimum absolute atomic E-state index is 0.256. The summed E-state index contributed by atoms with van der Waals surface area (Å²) in [6.07, 6.45) is -1.62. The predicted octanol–water partition coefficient (Wildman–Crippen LogP) is 0.631. The minimum Gasteiger partial charge on any atom is -0.453 e. The first-order valence-corrected chi connectivity index (χ1v) is 5.52. The van der Waals surface area contributed by atoms with E-state index in [9.17, 15) is 9.59 Å². The zero-order valence-corrected chi connectivity index (χ0v) is 10.5. The molecule has 0 aromatic heterocycles. The molecule has 1 aliphatic heterocycles. The second-order valence-corrected chi connectivity index (χ2v) is 3.83. The molecule has 1 rings (SSSR count). The van der Waals surface area contributed by atoms with Gasteiger partial charge in [0.15, 0.2) is 6.10 Å². The molecule has 0 aromatic rings. The number of hydrogen-bond donors (Lipinski definition) is 0. The number of methoxy groups -OCH3 is 1. The minimum atomic E-state index is -0.897. The lowest BCUT2D eigenvalue weighted by Gasteiger charge is -2.21. The molecule has 98 valence electrons. The van der Waals surface area contributed by atoms with Gasteiger partial charge in [0.05, 0.1) is 6.10 Å². The van der Waals surface area contributed by atoms with Crippen LogP contribution in [0.5, 0.6) is 0 Å². The Balaban J connectivity index is 2.80. The van der Waals surface area contributed by atoms with Gasteiger partial charge in [-0.05, 0) is 6.42 Å². The van der Waals surface area contributed by atoms with E-state index >= 15 is 0 Å². The lowest BCUT2D eigenvalue weighted by Crippen LogP contribution is -2.39. The van der Waals surface area contributed by atoms with Crippen LogP contribution < -0.4 is 0 Å². The van der Waals surface area contributed by atoms with E-state index < -0.39 is 30.4 Å². The van der Waals surface area contributed by atoms with E-state index in [1.807, 2.05) is 6.92 Å². The van der Waals surface area contributed by atoms with Crippen molar-refractivity contribution in [1.29, 1.82) is 0 Å². The first-order chi connectivity index (χ1) is 7.99. The summed E-state index contributed by atoms with van der Waals surface area (Å²) in [5.41, 5.74) is 0. The molecular formula is C11H18O6. The van der Waals surface area contributed by atoms with Crippen LogP contribution in [0, 0.1) is 0 Å². The quantitative estimate of drug-likeness (QED) is 0.677. The monoisotopic (exact) mass is 246 g/mol. The Kier molecular flexibility index (Phi) is 4.89. The van der Waals surface area contributed by atoms with Crippen LogP contribution >= 0.6 is 0 Å². The number of carbonyl (C=O) groups is 2. The van der Waals surface area contributed by atoms with Crippen molar-refractivity contribution in [2.75, 3.05) is 7.11 Å². The molecule has 0 saturated carbocycles. The van der Waals surface area contributed by atoms with E-state index in [1.165, 1.54) is 21.0 Å². The molecule has 0 N–H and O–H groups in total. The molecule has 4 atom stereocenters. The van der Waals surface area contributed by atoms with Gasteiger partial charge in [-0.1, -0.05) is 6.92 Å². The van der Waals surface area contributed by atoms with Crippen LogP contribution in [0.4, 0.5) is 0 Å². The van der Waals surface area contributed by atoms with Gasteiger partial charge in [-0.15, -0.1) is 0 Å². The van der Waals surface area contributed by atoms with Crippen molar-refractivity contribution < 1.29 is 28.5 Å². The Bertz CT molecular complexity index is 290. The van der Waals surface area contributed by atoms with Gasteiger partial charge in [0, 0.05) is 21.0 Å². The Morgan fingerprint density at radius 1 is 1.12 bits per heavy atom. The van der Waals surface area contributed by atoms with Crippen LogP contribution in [-0.4, -0.2) is 43.7 Å². The molecule has 2 unspecified atom stereocenters. The fourth-order valence-corrected chi connectivity index (χ4v) is 1.88. The summed E-state index contributed by atoms with van der Waals surface area (Å²) in [6.45, 7) is 4.48. The second kappa shape index (κ2) is 5.97. The van der Waals surface area contributed by atoms with E-state index in [-0.39, 0.29) is 6.10 Å². The SMILES string of the molecule is CC[C@H]1OC(OC(C)=O)[C@@H](OC(C)=O)C1OC. The van der Waals surface area contributed by atoms with E-state index in [0.29, 0.717) is 6.42 Å². The van der Waals surface area contributed by atoms with E-state index in [0.717, 1.165) is 0 Å². The van der Waals surface area contributed by atoms with E-state index in [1.54, 1.807) is 0 Å². The summed E-state index contributed by atoms with van der Waals surface area (Å²) in [4.78, 5) is 22.0. The van der Waals surface area contributed by atoms with E-state index in [2.05, 4.69) is 0 Å². The molecule has 6 nitrogen and oxygen atoms in total. The highest BCUT2D eigenvalue weighted by Gasteiger charge is 2.48. The third-order valence-electron chi connectivity index (χ3n) is 2.53. The summed E-state index contributed by atoms with van der Waals surface area (Å²) in [7, 11) is 1.50. The maximum Gasteiger partial charge on any atom is 0.305 e. The van der Waals surface area contributed by atoms with Crippen molar-refractivity contribution in [2.24, 2.45) is 0 Å². The average Bonchev–Trinajstić information content (AvgIpc) is 2.54. The first kappa shape index (κ1) is 13.9. The van der Waals surface area contributed by atoms with Crippen molar-refractivity contribution in [3.05, 3.63) is 0 Å². The predicted molar refractivity (Wildman–Crippen MR) is 57.1 cm³/mol. The summed E-state index contributed by atoms with van der Waals surface area (Å²) in [6, 6.07) is 0. The molecule has 0 aliphatic carbocycles. The third kappa shape index (κ3) is 3.41. The molecule has 1 aliphatic rings. The van der Waals surface area contributed by atoms with E-state index in [4.69, 9.17) is 18.9 Å². The van der Waals surface area contributed by atoms with Crippen LogP contribution in [-0.2, 0) is 28.5 Å². The molecule has 0 spiro atoms. The Morgan fingerprint density at radius 3 is 2.12 bits per heavy atom. The van der Waals surface area contributed by atoms with Crippen LogP contribution in [0.1, 0.15) is 27.2 Å². The van der Waals surface area contributed by atoms with Gasteiger partial charge in [-0.25, -0.2) is 0 Å². The fourth-order valence-electron chi connectivity index (χ4n) is 1.88. The molecule has 1 fully saturated rings. The van der Waals surface area contributed by atoms with Crippen molar-refractivity contribution in [2.45, 2.75) is 51.8 Å². The smallest absolute Gasteiger partial charge is 0.305 e. The zero-order chi connectivity index (χ0) is 13.0. The largest absolute Gasteiger partial charge is 0.453 e. The molecule has 0 aromatic carbocycles. The highest BCUT2D eigenvalue weighted by Crippen LogP contribution is 2.29. The summed E-state index contributed by atoms with van der Waals surface area (Å²) in [5.74, 6) is -0.951. The highest BCUT2D eigenvalue weighted by atomic mass is 16.7. The van der Waals surface area contributed by atoms with Gasteiger partial charge >= 0.3 is 11.9 Å². The van der Waals surface area contributed by atoms with Crippen LogP contribution in [0.25, 0.3) is 0 Å². The van der Waals surface area contributed by atoms with Crippen molar-refractivity contribution in [3.63, 3.8) is 0 Å². The van der Waals surface area contributed by atoms with Crippen LogP contribution in [0.2, 0.25) is 0 Å². The lowest BCUT2D eigenvalue weighted by molar-refractivity contribution is -0.195. The van der Waals surface area contributed by atoms with Gasteiger partial charge in [0.2, 0.25) is 6.29 Å². The molecule has 1 saturated heterocycles. The van der Waals surface area contributed by atoms with Crippen LogP contribution in [0.15, 0.2) is 0 Å². The maximum atomic E-state index is 11.0. The summed E-state index contributed by atoms with van der Waals surface area (Å²) in [5, 5.41) is 0. The average molecular weight is 246 g/mol. The van der Waals surface area contributed by atoms with Crippen molar-refractivity contribution in [1.82, 2.24) is 0 Å². The van der Waals surface area contributed by atoms with Gasteiger partial charge in [0.25, 0.3) is 0 Å². The van der Waals surface area contributed by atoms with Crippen molar-refractivity contribution in [3.8, 4) is 0 Å². The molecule has 17 heavy (non-hydrogen) atoms. The number of rotatable bonds is 4.